The summed E-state index contributed by atoms with van der Waals surface area (Å²) in [4.78, 5) is 13.8. The average Bonchev–Trinajstić information content (AvgIpc) is 3.40. The van der Waals surface area contributed by atoms with Crippen molar-refractivity contribution < 1.29 is 4.79 Å². The molecule has 0 saturated heterocycles. The third kappa shape index (κ3) is 4.80. The molecule has 0 unspecified atom stereocenters. The maximum atomic E-state index is 12.6. The number of para-hydroxylation sites is 1. The van der Waals surface area contributed by atoms with Crippen molar-refractivity contribution in [1.29, 1.82) is 0 Å². The molecular weight excluding hydrogens is 412 g/mol. The standard InChI is InChI=1S/C23H22N4OS2/c1-16-10-11-17(2)20(13-16)24-22(28)15-30-23-26-25-21(14-19-9-6-12-29-19)27(23)18-7-4-3-5-8-18/h3-13H,14-15H2,1-2H3,(H,24,28). The number of benzene rings is 2. The van der Waals surface area contributed by atoms with Crippen LogP contribution in [0.15, 0.2) is 71.2 Å². The monoisotopic (exact) mass is 434 g/mol. The number of nitrogens with one attached hydrogen (secondary N) is 1. The first-order valence-corrected chi connectivity index (χ1v) is 11.5. The van der Waals surface area contributed by atoms with Crippen molar-refractivity contribution in [3.8, 4) is 5.69 Å². The van der Waals surface area contributed by atoms with Crippen LogP contribution in [0, 0.1) is 13.8 Å². The number of aromatic nitrogens is 3. The summed E-state index contributed by atoms with van der Waals surface area (Å²) in [5, 5.41) is 14.6. The molecule has 0 aliphatic rings. The molecule has 0 aliphatic heterocycles. The molecule has 0 radical (unpaired) electrons. The van der Waals surface area contributed by atoms with Gasteiger partial charge in [-0.25, -0.2) is 0 Å². The smallest absolute Gasteiger partial charge is 0.234 e. The second-order valence-electron chi connectivity index (χ2n) is 6.98. The molecule has 4 rings (SSSR count). The molecule has 2 heterocycles. The van der Waals surface area contributed by atoms with Crippen LogP contribution in [-0.4, -0.2) is 26.4 Å². The highest BCUT2D eigenvalue weighted by atomic mass is 32.2. The minimum Gasteiger partial charge on any atom is -0.325 e. The zero-order chi connectivity index (χ0) is 20.9. The fourth-order valence-corrected chi connectivity index (χ4v) is 4.57. The SMILES string of the molecule is Cc1ccc(C)c(NC(=O)CSc2nnc(Cc3cccs3)n2-c2ccccc2)c1. The number of nitrogens with zero attached hydrogens (tertiary/aromatic N) is 3. The predicted molar refractivity (Wildman–Crippen MR) is 124 cm³/mol. The van der Waals surface area contributed by atoms with Crippen LogP contribution < -0.4 is 5.32 Å². The van der Waals surface area contributed by atoms with Crippen molar-refractivity contribution in [1.82, 2.24) is 14.8 Å². The van der Waals surface area contributed by atoms with Gasteiger partial charge in [-0.05, 0) is 54.6 Å². The van der Waals surface area contributed by atoms with Gasteiger partial charge in [-0.2, -0.15) is 0 Å². The Morgan fingerprint density at radius 2 is 1.90 bits per heavy atom. The van der Waals surface area contributed by atoms with Gasteiger partial charge in [0.05, 0.1) is 5.75 Å². The van der Waals surface area contributed by atoms with Crippen LogP contribution >= 0.6 is 23.1 Å². The number of hydrogen-bond acceptors (Lipinski definition) is 5. The molecule has 0 saturated carbocycles. The molecule has 1 N–H and O–H groups in total. The Balaban J connectivity index is 1.53. The first-order valence-electron chi connectivity index (χ1n) is 9.62. The molecule has 30 heavy (non-hydrogen) atoms. The zero-order valence-corrected chi connectivity index (χ0v) is 18.5. The van der Waals surface area contributed by atoms with Gasteiger partial charge in [0.1, 0.15) is 5.82 Å². The van der Waals surface area contributed by atoms with E-state index in [2.05, 4.69) is 27.0 Å². The molecule has 0 fully saturated rings. The number of anilines is 1. The number of aryl methyl sites for hydroxylation is 2. The Hall–Kier alpha value is -2.90. The molecule has 1 amide bonds. The molecule has 0 bridgehead atoms. The largest absolute Gasteiger partial charge is 0.325 e. The van der Waals surface area contributed by atoms with Gasteiger partial charge < -0.3 is 5.32 Å². The highest BCUT2D eigenvalue weighted by Crippen LogP contribution is 2.25. The van der Waals surface area contributed by atoms with E-state index < -0.39 is 0 Å². The van der Waals surface area contributed by atoms with Crippen molar-refractivity contribution in [3.63, 3.8) is 0 Å². The molecule has 4 aromatic rings. The van der Waals surface area contributed by atoms with Crippen LogP contribution in [0.4, 0.5) is 5.69 Å². The normalized spacial score (nSPS) is 10.9. The van der Waals surface area contributed by atoms with Crippen molar-refractivity contribution in [2.45, 2.75) is 25.4 Å². The maximum absolute atomic E-state index is 12.6. The number of thioether (sulfide) groups is 1. The number of hydrogen-bond donors (Lipinski definition) is 1. The third-order valence-corrected chi connectivity index (χ3v) is 6.43. The van der Waals surface area contributed by atoms with Gasteiger partial charge in [0.15, 0.2) is 5.16 Å². The lowest BCUT2D eigenvalue weighted by atomic mass is 10.1. The first-order chi connectivity index (χ1) is 14.6. The Morgan fingerprint density at radius 1 is 1.07 bits per heavy atom. The van der Waals surface area contributed by atoms with Gasteiger partial charge in [0, 0.05) is 22.7 Å². The second-order valence-corrected chi connectivity index (χ2v) is 8.96. The zero-order valence-electron chi connectivity index (χ0n) is 16.8. The Labute approximate surface area is 184 Å². The van der Waals surface area contributed by atoms with E-state index in [1.54, 1.807) is 11.3 Å². The highest BCUT2D eigenvalue weighted by Gasteiger charge is 2.17. The Bertz CT molecular complexity index is 1140. The summed E-state index contributed by atoms with van der Waals surface area (Å²) < 4.78 is 2.04. The van der Waals surface area contributed by atoms with E-state index >= 15 is 0 Å². The lowest BCUT2D eigenvalue weighted by Crippen LogP contribution is -2.15. The van der Waals surface area contributed by atoms with Crippen LogP contribution in [0.1, 0.15) is 21.8 Å². The van der Waals surface area contributed by atoms with Gasteiger partial charge in [-0.1, -0.05) is 48.2 Å². The Morgan fingerprint density at radius 3 is 2.67 bits per heavy atom. The van der Waals surface area contributed by atoms with E-state index in [0.29, 0.717) is 11.6 Å². The lowest BCUT2D eigenvalue weighted by Gasteiger charge is -2.11. The third-order valence-electron chi connectivity index (χ3n) is 4.63. The van der Waals surface area contributed by atoms with E-state index in [-0.39, 0.29) is 11.7 Å². The summed E-state index contributed by atoms with van der Waals surface area (Å²) in [6.07, 6.45) is 0.703. The lowest BCUT2D eigenvalue weighted by molar-refractivity contribution is -0.113. The highest BCUT2D eigenvalue weighted by molar-refractivity contribution is 7.99. The fraction of sp³-hybridized carbons (Fsp3) is 0.174. The van der Waals surface area contributed by atoms with Gasteiger partial charge in [-0.15, -0.1) is 21.5 Å². The van der Waals surface area contributed by atoms with Crippen LogP contribution in [-0.2, 0) is 11.2 Å². The van der Waals surface area contributed by atoms with E-state index in [1.165, 1.54) is 16.6 Å². The summed E-state index contributed by atoms with van der Waals surface area (Å²) >= 11 is 3.09. The van der Waals surface area contributed by atoms with Crippen molar-refractivity contribution in [3.05, 3.63) is 87.9 Å². The number of carbonyl (C=O) groups is 1. The van der Waals surface area contributed by atoms with Crippen molar-refractivity contribution in [2.75, 3.05) is 11.1 Å². The van der Waals surface area contributed by atoms with Crippen LogP contribution in [0.2, 0.25) is 0 Å². The van der Waals surface area contributed by atoms with Crippen LogP contribution in [0.25, 0.3) is 5.69 Å². The van der Waals surface area contributed by atoms with Gasteiger partial charge >= 0.3 is 0 Å². The van der Waals surface area contributed by atoms with Crippen molar-refractivity contribution >= 4 is 34.7 Å². The molecular formula is C23H22N4OS2. The fourth-order valence-electron chi connectivity index (χ4n) is 3.10. The summed E-state index contributed by atoms with van der Waals surface area (Å²) in [7, 11) is 0. The quantitative estimate of drug-likeness (QED) is 0.403. The molecule has 0 aliphatic carbocycles. The summed E-state index contributed by atoms with van der Waals surface area (Å²) in [5.41, 5.74) is 4.00. The predicted octanol–water partition coefficient (Wildman–Crippen LogP) is 5.27. The molecule has 2 aromatic carbocycles. The number of thiophene rings is 1. The van der Waals surface area contributed by atoms with Crippen LogP contribution in [0.5, 0.6) is 0 Å². The van der Waals surface area contributed by atoms with E-state index in [0.717, 1.165) is 28.3 Å². The second kappa shape index (κ2) is 9.28. The summed E-state index contributed by atoms with van der Waals surface area (Å²) in [6.45, 7) is 4.01. The molecule has 2 aromatic heterocycles. The van der Waals surface area contributed by atoms with E-state index in [1.807, 2.05) is 73.0 Å². The summed E-state index contributed by atoms with van der Waals surface area (Å²) in [5.74, 6) is 1.06. The number of amides is 1. The topological polar surface area (TPSA) is 59.8 Å². The van der Waals surface area contributed by atoms with Gasteiger partial charge in [0.2, 0.25) is 5.91 Å². The number of carbonyl (C=O) groups excluding carboxylic acids is 1. The van der Waals surface area contributed by atoms with E-state index in [4.69, 9.17) is 0 Å². The van der Waals surface area contributed by atoms with Crippen molar-refractivity contribution in [2.24, 2.45) is 0 Å². The minimum atomic E-state index is -0.0591. The molecule has 0 atom stereocenters. The first kappa shape index (κ1) is 20.4. The molecule has 7 heteroatoms. The maximum Gasteiger partial charge on any atom is 0.234 e. The molecule has 5 nitrogen and oxygen atoms in total. The summed E-state index contributed by atoms with van der Waals surface area (Å²) in [6, 6.07) is 20.2. The Kier molecular flexibility index (Phi) is 6.30. The van der Waals surface area contributed by atoms with Gasteiger partial charge in [0.25, 0.3) is 0 Å². The van der Waals surface area contributed by atoms with Gasteiger partial charge in [-0.3, -0.25) is 9.36 Å². The van der Waals surface area contributed by atoms with E-state index in [9.17, 15) is 4.79 Å². The number of rotatable bonds is 7. The minimum absolute atomic E-state index is 0.0591. The average molecular weight is 435 g/mol. The molecule has 0 spiro atoms. The molecule has 152 valence electrons. The van der Waals surface area contributed by atoms with Crippen LogP contribution in [0.3, 0.4) is 0 Å².